The molecule has 0 unspecified atom stereocenters. The summed E-state index contributed by atoms with van der Waals surface area (Å²) in [7, 11) is 0. The van der Waals surface area contributed by atoms with Crippen LogP contribution in [0.1, 0.15) is 21.8 Å². The molecule has 0 aliphatic rings. The first-order valence-electron chi connectivity index (χ1n) is 8.70. The van der Waals surface area contributed by atoms with Gasteiger partial charge in [0.2, 0.25) is 5.89 Å². The molecule has 4 rings (SSSR count). The first kappa shape index (κ1) is 18.2. The first-order valence-corrected chi connectivity index (χ1v) is 9.50. The lowest BCUT2D eigenvalue weighted by molar-refractivity contribution is 0.102. The fourth-order valence-corrected chi connectivity index (χ4v) is 3.08. The van der Waals surface area contributed by atoms with Gasteiger partial charge in [-0.05, 0) is 36.8 Å². The number of oxazole rings is 1. The molecular weight excluding hydrogens is 420 g/mol. The van der Waals surface area contributed by atoms with Crippen molar-refractivity contribution in [3.8, 4) is 11.5 Å². The van der Waals surface area contributed by atoms with Gasteiger partial charge in [-0.15, -0.1) is 0 Å². The Labute approximate surface area is 170 Å². The molecule has 0 aliphatic heterocycles. The Hall–Kier alpha value is -3.19. The van der Waals surface area contributed by atoms with Crippen molar-refractivity contribution >= 4 is 27.7 Å². The molecule has 7 heteroatoms. The first-order chi connectivity index (χ1) is 13.6. The third-order valence-corrected chi connectivity index (χ3v) is 4.76. The van der Waals surface area contributed by atoms with E-state index in [1.807, 2.05) is 54.6 Å². The average Bonchev–Trinajstić information content (AvgIpc) is 3.31. The maximum absolute atomic E-state index is 12.7. The lowest BCUT2D eigenvalue weighted by atomic mass is 10.2. The van der Waals surface area contributed by atoms with Crippen LogP contribution < -0.4 is 5.32 Å². The van der Waals surface area contributed by atoms with E-state index in [-0.39, 0.29) is 11.6 Å². The fraction of sp³-hybridized carbons (Fsp3) is 0.0952. The SMILES string of the molecule is Cc1oc(-c2ccccc2)nc1C(=O)Nc1ccnn1Cc1ccc(Br)cc1. The van der Waals surface area contributed by atoms with Gasteiger partial charge in [-0.1, -0.05) is 46.3 Å². The second kappa shape index (κ2) is 7.82. The van der Waals surface area contributed by atoms with E-state index in [4.69, 9.17) is 4.42 Å². The van der Waals surface area contributed by atoms with Gasteiger partial charge < -0.3 is 9.73 Å². The second-order valence-corrected chi connectivity index (χ2v) is 7.16. The highest BCUT2D eigenvalue weighted by atomic mass is 79.9. The summed E-state index contributed by atoms with van der Waals surface area (Å²) < 4.78 is 8.42. The van der Waals surface area contributed by atoms with Crippen molar-refractivity contribution in [3.63, 3.8) is 0 Å². The van der Waals surface area contributed by atoms with Crippen molar-refractivity contribution in [2.24, 2.45) is 0 Å². The van der Waals surface area contributed by atoms with E-state index < -0.39 is 0 Å². The molecule has 2 heterocycles. The van der Waals surface area contributed by atoms with Crippen LogP contribution in [0.4, 0.5) is 5.82 Å². The van der Waals surface area contributed by atoms with Gasteiger partial charge in [-0.2, -0.15) is 5.10 Å². The summed E-state index contributed by atoms with van der Waals surface area (Å²) in [6, 6.07) is 19.2. The quantitative estimate of drug-likeness (QED) is 0.482. The zero-order valence-electron chi connectivity index (χ0n) is 15.1. The molecule has 2 aromatic heterocycles. The number of aryl methyl sites for hydroxylation is 1. The van der Waals surface area contributed by atoms with Crippen molar-refractivity contribution in [1.29, 1.82) is 0 Å². The number of carbonyl (C=O) groups excluding carboxylic acids is 1. The standard InChI is InChI=1S/C21H17BrN4O2/c1-14-19(25-21(28-14)16-5-3-2-4-6-16)20(27)24-18-11-12-23-26(18)13-15-7-9-17(22)10-8-15/h2-12H,13H2,1H3,(H,24,27). The molecule has 28 heavy (non-hydrogen) atoms. The number of amides is 1. The number of aromatic nitrogens is 3. The molecule has 1 amide bonds. The number of hydrogen-bond donors (Lipinski definition) is 1. The molecule has 0 bridgehead atoms. The molecule has 2 aromatic carbocycles. The Morgan fingerprint density at radius 1 is 1.11 bits per heavy atom. The third kappa shape index (κ3) is 3.89. The van der Waals surface area contributed by atoms with E-state index in [0.717, 1.165) is 15.6 Å². The van der Waals surface area contributed by atoms with Gasteiger partial charge in [0.1, 0.15) is 11.6 Å². The smallest absolute Gasteiger partial charge is 0.279 e. The van der Waals surface area contributed by atoms with Crippen LogP contribution in [0.3, 0.4) is 0 Å². The van der Waals surface area contributed by atoms with Crippen molar-refractivity contribution in [2.45, 2.75) is 13.5 Å². The number of halogens is 1. The minimum Gasteiger partial charge on any atom is -0.441 e. The summed E-state index contributed by atoms with van der Waals surface area (Å²) in [6.07, 6.45) is 1.65. The molecule has 0 radical (unpaired) electrons. The van der Waals surface area contributed by atoms with Crippen molar-refractivity contribution < 1.29 is 9.21 Å². The van der Waals surface area contributed by atoms with Crippen LogP contribution in [0, 0.1) is 6.92 Å². The van der Waals surface area contributed by atoms with Gasteiger partial charge in [0.25, 0.3) is 5.91 Å². The number of nitrogens with one attached hydrogen (secondary N) is 1. The van der Waals surface area contributed by atoms with Gasteiger partial charge in [0.15, 0.2) is 5.69 Å². The number of benzene rings is 2. The summed E-state index contributed by atoms with van der Waals surface area (Å²) in [6.45, 7) is 2.27. The van der Waals surface area contributed by atoms with E-state index in [0.29, 0.717) is 24.0 Å². The lowest BCUT2D eigenvalue weighted by Gasteiger charge is -2.08. The van der Waals surface area contributed by atoms with Crippen LogP contribution in [0.2, 0.25) is 0 Å². The molecule has 0 spiro atoms. The number of carbonyl (C=O) groups is 1. The molecule has 0 atom stereocenters. The number of hydrogen-bond acceptors (Lipinski definition) is 4. The average molecular weight is 437 g/mol. The zero-order valence-corrected chi connectivity index (χ0v) is 16.7. The maximum atomic E-state index is 12.7. The Kier molecular flexibility index (Phi) is 5.08. The fourth-order valence-electron chi connectivity index (χ4n) is 2.81. The Morgan fingerprint density at radius 3 is 2.61 bits per heavy atom. The predicted octanol–water partition coefficient (Wildman–Crippen LogP) is 4.91. The topological polar surface area (TPSA) is 73.0 Å². The van der Waals surface area contributed by atoms with Gasteiger partial charge in [-0.25, -0.2) is 9.67 Å². The summed E-state index contributed by atoms with van der Waals surface area (Å²) >= 11 is 3.43. The summed E-state index contributed by atoms with van der Waals surface area (Å²) in [5.41, 5.74) is 2.16. The van der Waals surface area contributed by atoms with Crippen LogP contribution in [0.5, 0.6) is 0 Å². The van der Waals surface area contributed by atoms with Crippen LogP contribution in [0.25, 0.3) is 11.5 Å². The number of nitrogens with zero attached hydrogens (tertiary/aromatic N) is 3. The maximum Gasteiger partial charge on any atom is 0.279 e. The molecular formula is C21H17BrN4O2. The monoisotopic (exact) mass is 436 g/mol. The number of anilines is 1. The van der Waals surface area contributed by atoms with Crippen molar-refractivity contribution in [1.82, 2.24) is 14.8 Å². The van der Waals surface area contributed by atoms with Gasteiger partial charge in [0, 0.05) is 16.1 Å². The predicted molar refractivity (Wildman–Crippen MR) is 110 cm³/mol. The summed E-state index contributed by atoms with van der Waals surface area (Å²) in [5.74, 6) is 1.15. The highest BCUT2D eigenvalue weighted by Gasteiger charge is 2.19. The molecule has 0 fully saturated rings. The van der Waals surface area contributed by atoms with Gasteiger partial charge >= 0.3 is 0 Å². The van der Waals surface area contributed by atoms with Crippen LogP contribution in [-0.4, -0.2) is 20.7 Å². The highest BCUT2D eigenvalue weighted by Crippen LogP contribution is 2.22. The Bertz CT molecular complexity index is 1100. The summed E-state index contributed by atoms with van der Waals surface area (Å²) in [4.78, 5) is 17.1. The minimum atomic E-state index is -0.332. The normalized spacial score (nSPS) is 10.8. The molecule has 140 valence electrons. The molecule has 1 N–H and O–H groups in total. The highest BCUT2D eigenvalue weighted by molar-refractivity contribution is 9.10. The van der Waals surface area contributed by atoms with Crippen LogP contribution in [0.15, 0.2) is 75.8 Å². The largest absolute Gasteiger partial charge is 0.441 e. The van der Waals surface area contributed by atoms with Crippen LogP contribution in [-0.2, 0) is 6.54 Å². The molecule has 0 saturated carbocycles. The second-order valence-electron chi connectivity index (χ2n) is 6.24. The van der Waals surface area contributed by atoms with Gasteiger partial charge in [-0.3, -0.25) is 4.79 Å². The van der Waals surface area contributed by atoms with Crippen molar-refractivity contribution in [3.05, 3.63) is 88.4 Å². The summed E-state index contributed by atoms with van der Waals surface area (Å²) in [5, 5.41) is 7.18. The minimum absolute atomic E-state index is 0.259. The van der Waals surface area contributed by atoms with E-state index in [2.05, 4.69) is 31.3 Å². The third-order valence-electron chi connectivity index (χ3n) is 4.24. The molecule has 6 nitrogen and oxygen atoms in total. The van der Waals surface area contributed by atoms with E-state index in [1.165, 1.54) is 0 Å². The zero-order chi connectivity index (χ0) is 19.5. The van der Waals surface area contributed by atoms with Crippen LogP contribution >= 0.6 is 15.9 Å². The number of rotatable bonds is 5. The molecule has 0 saturated heterocycles. The molecule has 4 aromatic rings. The lowest BCUT2D eigenvalue weighted by Crippen LogP contribution is -2.17. The van der Waals surface area contributed by atoms with Gasteiger partial charge in [0.05, 0.1) is 12.7 Å². The molecule has 0 aliphatic carbocycles. The Morgan fingerprint density at radius 2 is 1.86 bits per heavy atom. The van der Waals surface area contributed by atoms with Crippen molar-refractivity contribution in [2.75, 3.05) is 5.32 Å². The van der Waals surface area contributed by atoms with E-state index >= 15 is 0 Å². The Balaban J connectivity index is 1.53. The van der Waals surface area contributed by atoms with E-state index in [1.54, 1.807) is 23.9 Å². The van der Waals surface area contributed by atoms with E-state index in [9.17, 15) is 4.79 Å².